The molecule has 1 spiro atoms. The third-order valence-electron chi connectivity index (χ3n) is 5.92. The molecule has 0 radical (unpaired) electrons. The molecular formula is C20H34N4O2. The van der Waals surface area contributed by atoms with E-state index in [1.54, 1.807) is 0 Å². The Labute approximate surface area is 157 Å². The Morgan fingerprint density at radius 3 is 2.69 bits per heavy atom. The van der Waals surface area contributed by atoms with Gasteiger partial charge in [-0.05, 0) is 26.2 Å². The second-order valence-electron chi connectivity index (χ2n) is 8.61. The molecule has 6 nitrogen and oxygen atoms in total. The van der Waals surface area contributed by atoms with Gasteiger partial charge in [-0.3, -0.25) is 4.99 Å². The lowest BCUT2D eigenvalue weighted by Crippen LogP contribution is -2.65. The molecule has 1 aromatic heterocycles. The van der Waals surface area contributed by atoms with Crippen LogP contribution >= 0.6 is 0 Å². The molecule has 0 amide bonds. The number of oxazole rings is 1. The summed E-state index contributed by atoms with van der Waals surface area (Å²) < 4.78 is 11.9. The van der Waals surface area contributed by atoms with Gasteiger partial charge in [0.1, 0.15) is 5.76 Å². The highest BCUT2D eigenvalue weighted by Gasteiger charge is 2.56. The largest absolute Gasteiger partial charge is 0.443 e. The molecule has 3 rings (SSSR count). The van der Waals surface area contributed by atoms with Crippen LogP contribution in [0.4, 0.5) is 0 Å². The van der Waals surface area contributed by atoms with Crippen LogP contribution in [0, 0.1) is 5.41 Å². The van der Waals surface area contributed by atoms with Gasteiger partial charge in [-0.25, -0.2) is 4.98 Å². The van der Waals surface area contributed by atoms with E-state index in [9.17, 15) is 0 Å². The summed E-state index contributed by atoms with van der Waals surface area (Å²) in [5.41, 5.74) is 0.260. The second-order valence-corrected chi connectivity index (χ2v) is 8.61. The normalized spacial score (nSPS) is 25.3. The molecule has 1 aromatic rings. The molecule has 2 unspecified atom stereocenters. The Morgan fingerprint density at radius 2 is 2.12 bits per heavy atom. The third kappa shape index (κ3) is 3.75. The van der Waals surface area contributed by atoms with Crippen LogP contribution in [-0.2, 0) is 16.7 Å². The zero-order valence-corrected chi connectivity index (χ0v) is 16.9. The monoisotopic (exact) mass is 362 g/mol. The van der Waals surface area contributed by atoms with E-state index in [-0.39, 0.29) is 10.8 Å². The van der Waals surface area contributed by atoms with Crippen molar-refractivity contribution in [2.75, 3.05) is 13.7 Å². The molecule has 1 heterocycles. The molecule has 0 aromatic carbocycles. The molecule has 26 heavy (non-hydrogen) atoms. The summed E-state index contributed by atoms with van der Waals surface area (Å²) in [5.74, 6) is 2.40. The molecule has 2 atom stereocenters. The van der Waals surface area contributed by atoms with E-state index < -0.39 is 0 Å². The lowest BCUT2D eigenvalue weighted by Gasteiger charge is -2.54. The van der Waals surface area contributed by atoms with Crippen LogP contribution in [0.15, 0.2) is 15.6 Å². The van der Waals surface area contributed by atoms with E-state index in [2.05, 4.69) is 48.3 Å². The van der Waals surface area contributed by atoms with Crippen LogP contribution in [-0.4, -0.2) is 36.7 Å². The number of hydrogen-bond donors (Lipinski definition) is 2. The van der Waals surface area contributed by atoms with Crippen molar-refractivity contribution in [2.24, 2.45) is 10.4 Å². The molecule has 0 bridgehead atoms. The van der Waals surface area contributed by atoms with Crippen LogP contribution in [0.3, 0.4) is 0 Å². The van der Waals surface area contributed by atoms with E-state index >= 15 is 0 Å². The van der Waals surface area contributed by atoms with Gasteiger partial charge in [0.15, 0.2) is 5.96 Å². The van der Waals surface area contributed by atoms with Crippen molar-refractivity contribution in [1.29, 1.82) is 0 Å². The van der Waals surface area contributed by atoms with Gasteiger partial charge in [0, 0.05) is 30.5 Å². The van der Waals surface area contributed by atoms with Crippen molar-refractivity contribution in [2.45, 2.75) is 83.9 Å². The second kappa shape index (κ2) is 7.59. The van der Waals surface area contributed by atoms with E-state index in [0.29, 0.717) is 24.6 Å². The fourth-order valence-corrected chi connectivity index (χ4v) is 4.35. The van der Waals surface area contributed by atoms with Crippen molar-refractivity contribution >= 4 is 5.96 Å². The Kier molecular flexibility index (Phi) is 5.61. The molecule has 0 aliphatic heterocycles. The highest BCUT2D eigenvalue weighted by molar-refractivity contribution is 5.80. The van der Waals surface area contributed by atoms with Crippen LogP contribution in [0.25, 0.3) is 0 Å². The number of nitrogens with zero attached hydrogens (tertiary/aromatic N) is 2. The summed E-state index contributed by atoms with van der Waals surface area (Å²) >= 11 is 0. The minimum atomic E-state index is -0.0275. The van der Waals surface area contributed by atoms with Crippen molar-refractivity contribution in [1.82, 2.24) is 15.6 Å². The van der Waals surface area contributed by atoms with Gasteiger partial charge >= 0.3 is 0 Å². The van der Waals surface area contributed by atoms with Gasteiger partial charge in [-0.15, -0.1) is 0 Å². The van der Waals surface area contributed by atoms with Crippen LogP contribution in [0.5, 0.6) is 0 Å². The van der Waals surface area contributed by atoms with E-state index in [1.807, 2.05) is 13.2 Å². The van der Waals surface area contributed by atoms with Crippen LogP contribution in [0.1, 0.15) is 71.5 Å². The van der Waals surface area contributed by atoms with Crippen molar-refractivity contribution < 1.29 is 9.15 Å². The molecule has 2 N–H and O–H groups in total. The Hall–Kier alpha value is -1.56. The highest BCUT2D eigenvalue weighted by atomic mass is 16.5. The summed E-state index contributed by atoms with van der Waals surface area (Å²) in [6.45, 7) is 9.79. The number of guanidine groups is 1. The first-order valence-electron chi connectivity index (χ1n) is 9.93. The van der Waals surface area contributed by atoms with Crippen LogP contribution in [0.2, 0.25) is 0 Å². The first kappa shape index (κ1) is 19.2. The minimum absolute atomic E-state index is 0.0275. The number of nitrogens with one attached hydrogen (secondary N) is 2. The summed E-state index contributed by atoms with van der Waals surface area (Å²) in [6.07, 6.45) is 8.38. The van der Waals surface area contributed by atoms with Gasteiger partial charge in [0.2, 0.25) is 5.89 Å². The zero-order valence-electron chi connectivity index (χ0n) is 16.9. The maximum atomic E-state index is 6.00. The molecule has 2 saturated carbocycles. The van der Waals surface area contributed by atoms with E-state index in [4.69, 9.17) is 9.15 Å². The molecule has 2 fully saturated rings. The van der Waals surface area contributed by atoms with E-state index in [0.717, 1.165) is 24.7 Å². The van der Waals surface area contributed by atoms with Crippen molar-refractivity contribution in [3.8, 4) is 0 Å². The first-order chi connectivity index (χ1) is 12.4. The number of hydrogen-bond acceptors (Lipinski definition) is 4. The molecule has 0 saturated heterocycles. The van der Waals surface area contributed by atoms with Gasteiger partial charge in [0.05, 0.1) is 18.8 Å². The standard InChI is InChI=1S/C20H34N4O2/c1-6-25-15-11-14(20(15)9-7-8-10-20)24-18(21-5)23-13-17-22-12-16(26-17)19(2,3)4/h12,14-15H,6-11,13H2,1-5H3,(H2,21,23,24). The fourth-order valence-electron chi connectivity index (χ4n) is 4.35. The summed E-state index contributed by atoms with van der Waals surface area (Å²) in [6, 6.07) is 0.433. The fraction of sp³-hybridized carbons (Fsp3) is 0.800. The van der Waals surface area contributed by atoms with Gasteiger partial charge in [-0.2, -0.15) is 0 Å². The average molecular weight is 363 g/mol. The maximum Gasteiger partial charge on any atom is 0.213 e. The molecule has 2 aliphatic rings. The third-order valence-corrected chi connectivity index (χ3v) is 5.92. The van der Waals surface area contributed by atoms with Crippen LogP contribution < -0.4 is 10.6 Å². The summed E-state index contributed by atoms with van der Waals surface area (Å²) in [4.78, 5) is 8.77. The van der Waals surface area contributed by atoms with Gasteiger partial charge in [-0.1, -0.05) is 33.6 Å². The zero-order chi connectivity index (χ0) is 18.8. The van der Waals surface area contributed by atoms with Gasteiger partial charge < -0.3 is 19.8 Å². The first-order valence-corrected chi connectivity index (χ1v) is 9.93. The Bertz CT molecular complexity index is 626. The summed E-state index contributed by atoms with van der Waals surface area (Å²) in [7, 11) is 1.81. The topological polar surface area (TPSA) is 71.7 Å². The molecule has 146 valence electrons. The minimum Gasteiger partial charge on any atom is -0.443 e. The quantitative estimate of drug-likeness (QED) is 0.621. The Morgan fingerprint density at radius 1 is 1.38 bits per heavy atom. The number of rotatable bonds is 5. The highest BCUT2D eigenvalue weighted by Crippen LogP contribution is 2.54. The Balaban J connectivity index is 1.56. The van der Waals surface area contributed by atoms with Crippen molar-refractivity contribution in [3.63, 3.8) is 0 Å². The smallest absolute Gasteiger partial charge is 0.213 e. The predicted molar refractivity (Wildman–Crippen MR) is 103 cm³/mol. The number of aliphatic imine (C=N–C) groups is 1. The lowest BCUT2D eigenvalue weighted by molar-refractivity contribution is -0.125. The predicted octanol–water partition coefficient (Wildman–Crippen LogP) is 3.37. The van der Waals surface area contributed by atoms with E-state index in [1.165, 1.54) is 25.7 Å². The van der Waals surface area contributed by atoms with Crippen molar-refractivity contribution in [3.05, 3.63) is 17.8 Å². The molecule has 2 aliphatic carbocycles. The molecule has 6 heteroatoms. The summed E-state index contributed by atoms with van der Waals surface area (Å²) in [5, 5.41) is 6.97. The maximum absolute atomic E-state index is 6.00. The number of aromatic nitrogens is 1. The molecular weight excluding hydrogens is 328 g/mol. The number of ether oxygens (including phenoxy) is 1. The SMILES string of the molecule is CCOC1CC(NC(=NC)NCc2ncc(C(C)(C)C)o2)C12CCCC2. The van der Waals surface area contributed by atoms with Gasteiger partial charge in [0.25, 0.3) is 0 Å². The average Bonchev–Trinajstić information content (AvgIpc) is 3.27. The lowest BCUT2D eigenvalue weighted by atomic mass is 9.60.